The van der Waals surface area contributed by atoms with Crippen LogP contribution in [0.3, 0.4) is 0 Å². The summed E-state index contributed by atoms with van der Waals surface area (Å²) in [5.41, 5.74) is 0.494. The van der Waals surface area contributed by atoms with E-state index in [1.807, 2.05) is 22.9 Å². The Labute approximate surface area is 119 Å². The minimum absolute atomic E-state index is 0.00413. The Morgan fingerprint density at radius 1 is 1.47 bits per heavy atom. The van der Waals surface area contributed by atoms with Gasteiger partial charge in [0.15, 0.2) is 0 Å². The predicted molar refractivity (Wildman–Crippen MR) is 76.6 cm³/mol. The molecule has 0 aliphatic heterocycles. The molecule has 0 bridgehead atoms. The number of carbonyl (C=O) groups excluding carboxylic acids is 1. The van der Waals surface area contributed by atoms with Crippen molar-refractivity contribution in [2.24, 2.45) is 0 Å². The molecule has 2 aromatic rings. The van der Waals surface area contributed by atoms with Gasteiger partial charge in [-0.15, -0.1) is 22.7 Å². The average Bonchev–Trinajstić information content (AvgIpc) is 2.95. The Balaban J connectivity index is 1.79. The van der Waals surface area contributed by atoms with Crippen LogP contribution in [0.25, 0.3) is 9.88 Å². The number of aliphatic hydroxyl groups is 1. The number of aromatic nitrogens is 1. The molecule has 2 heterocycles. The topological polar surface area (TPSA) is 53.4 Å². The van der Waals surface area contributed by atoms with Gasteiger partial charge in [0.1, 0.15) is 10.7 Å². The van der Waals surface area contributed by atoms with Crippen molar-refractivity contribution in [1.29, 1.82) is 0 Å². The van der Waals surface area contributed by atoms with Gasteiger partial charge in [0.25, 0.3) is 5.91 Å². The molecule has 1 fully saturated rings. The zero-order valence-corrected chi connectivity index (χ0v) is 11.9. The van der Waals surface area contributed by atoms with Gasteiger partial charge in [0.05, 0.1) is 11.5 Å². The summed E-state index contributed by atoms with van der Waals surface area (Å²) in [5, 5.41) is 13.8. The maximum Gasteiger partial charge on any atom is 0.273 e. The summed E-state index contributed by atoms with van der Waals surface area (Å²) in [6.07, 6.45) is 2.07. The summed E-state index contributed by atoms with van der Waals surface area (Å²) in [5.74, 6) is -0.0596. The summed E-state index contributed by atoms with van der Waals surface area (Å²) in [4.78, 5) is 19.6. The lowest BCUT2D eigenvalue weighted by Crippen LogP contribution is -2.35. The third-order valence-electron chi connectivity index (χ3n) is 3.04. The van der Waals surface area contributed by atoms with Gasteiger partial charge in [0, 0.05) is 18.0 Å². The highest BCUT2D eigenvalue weighted by molar-refractivity contribution is 7.20. The molecule has 1 amide bonds. The van der Waals surface area contributed by atoms with Gasteiger partial charge < -0.3 is 10.0 Å². The Morgan fingerprint density at radius 2 is 2.32 bits per heavy atom. The van der Waals surface area contributed by atoms with Gasteiger partial charge in [-0.3, -0.25) is 4.79 Å². The highest BCUT2D eigenvalue weighted by Crippen LogP contribution is 2.31. The predicted octanol–water partition coefficient (Wildman–Crippen LogP) is 2.47. The van der Waals surface area contributed by atoms with E-state index in [1.54, 1.807) is 16.2 Å². The SMILES string of the molecule is O=C(c1csc(-c2cccs2)n1)N(CCO)C1CC1. The quantitative estimate of drug-likeness (QED) is 0.921. The highest BCUT2D eigenvalue weighted by atomic mass is 32.1. The van der Waals surface area contributed by atoms with E-state index in [9.17, 15) is 4.79 Å². The maximum absolute atomic E-state index is 12.4. The molecule has 3 rings (SSSR count). The minimum atomic E-state index is -0.0596. The van der Waals surface area contributed by atoms with Crippen molar-refractivity contribution in [1.82, 2.24) is 9.88 Å². The Kier molecular flexibility index (Phi) is 3.63. The number of nitrogens with zero attached hydrogens (tertiary/aromatic N) is 2. The zero-order valence-electron chi connectivity index (χ0n) is 10.3. The van der Waals surface area contributed by atoms with Crippen LogP contribution in [0.5, 0.6) is 0 Å². The Hall–Kier alpha value is -1.24. The average molecular weight is 294 g/mol. The van der Waals surface area contributed by atoms with Crippen LogP contribution < -0.4 is 0 Å². The summed E-state index contributed by atoms with van der Waals surface area (Å²) in [6, 6.07) is 4.28. The first-order valence-electron chi connectivity index (χ1n) is 6.21. The number of aliphatic hydroxyl groups excluding tert-OH is 1. The Morgan fingerprint density at radius 3 is 2.95 bits per heavy atom. The normalized spacial score (nSPS) is 14.6. The number of thiazole rings is 1. The monoisotopic (exact) mass is 294 g/mol. The molecule has 1 N–H and O–H groups in total. The first kappa shape index (κ1) is 12.8. The number of amides is 1. The minimum Gasteiger partial charge on any atom is -0.395 e. The molecular weight excluding hydrogens is 280 g/mol. The summed E-state index contributed by atoms with van der Waals surface area (Å²) in [7, 11) is 0. The summed E-state index contributed by atoms with van der Waals surface area (Å²) < 4.78 is 0. The third-order valence-corrected chi connectivity index (χ3v) is 4.93. The lowest BCUT2D eigenvalue weighted by Gasteiger charge is -2.19. The summed E-state index contributed by atoms with van der Waals surface area (Å²) >= 11 is 3.11. The molecule has 1 aliphatic rings. The van der Waals surface area contributed by atoms with E-state index in [-0.39, 0.29) is 12.5 Å². The van der Waals surface area contributed by atoms with Crippen LogP contribution in [0.4, 0.5) is 0 Å². The highest BCUT2D eigenvalue weighted by Gasteiger charge is 2.33. The fraction of sp³-hybridized carbons (Fsp3) is 0.385. The van der Waals surface area contributed by atoms with Crippen molar-refractivity contribution < 1.29 is 9.90 Å². The molecule has 2 aromatic heterocycles. The molecule has 0 spiro atoms. The molecule has 19 heavy (non-hydrogen) atoms. The van der Waals surface area contributed by atoms with Gasteiger partial charge >= 0.3 is 0 Å². The molecule has 0 aromatic carbocycles. The fourth-order valence-electron chi connectivity index (χ4n) is 1.98. The second-order valence-electron chi connectivity index (χ2n) is 4.47. The van der Waals surface area contributed by atoms with Crippen LogP contribution in [0.2, 0.25) is 0 Å². The number of rotatable bonds is 5. The van der Waals surface area contributed by atoms with Crippen LogP contribution >= 0.6 is 22.7 Å². The molecule has 100 valence electrons. The van der Waals surface area contributed by atoms with E-state index < -0.39 is 0 Å². The van der Waals surface area contributed by atoms with Gasteiger partial charge in [-0.25, -0.2) is 4.98 Å². The Bertz CT molecular complexity index is 561. The van der Waals surface area contributed by atoms with Gasteiger partial charge in [-0.1, -0.05) is 6.07 Å². The van der Waals surface area contributed by atoms with Crippen molar-refractivity contribution in [3.63, 3.8) is 0 Å². The summed E-state index contributed by atoms with van der Waals surface area (Å²) in [6.45, 7) is 0.402. The molecule has 6 heteroatoms. The van der Waals surface area contributed by atoms with E-state index in [2.05, 4.69) is 4.98 Å². The molecule has 1 aliphatic carbocycles. The van der Waals surface area contributed by atoms with Crippen LogP contribution in [0, 0.1) is 0 Å². The van der Waals surface area contributed by atoms with E-state index in [1.165, 1.54) is 11.3 Å². The van der Waals surface area contributed by atoms with Gasteiger partial charge in [-0.2, -0.15) is 0 Å². The molecular formula is C13H14N2O2S2. The zero-order chi connectivity index (χ0) is 13.2. The van der Waals surface area contributed by atoms with Crippen molar-refractivity contribution in [2.75, 3.05) is 13.2 Å². The lowest BCUT2D eigenvalue weighted by atomic mass is 10.3. The first-order chi connectivity index (χ1) is 9.29. The van der Waals surface area contributed by atoms with E-state index in [0.717, 1.165) is 22.7 Å². The van der Waals surface area contributed by atoms with Crippen LogP contribution in [0.1, 0.15) is 23.3 Å². The lowest BCUT2D eigenvalue weighted by molar-refractivity contribution is 0.0702. The van der Waals surface area contributed by atoms with E-state index in [4.69, 9.17) is 5.11 Å². The number of hydrogen-bond acceptors (Lipinski definition) is 5. The number of hydrogen-bond donors (Lipinski definition) is 1. The van der Waals surface area contributed by atoms with Crippen molar-refractivity contribution >= 4 is 28.6 Å². The molecule has 0 radical (unpaired) electrons. The molecule has 0 unspecified atom stereocenters. The third kappa shape index (κ3) is 2.70. The van der Waals surface area contributed by atoms with Crippen molar-refractivity contribution in [3.05, 3.63) is 28.6 Å². The first-order valence-corrected chi connectivity index (χ1v) is 7.97. The second kappa shape index (κ2) is 5.40. The number of thiophene rings is 1. The van der Waals surface area contributed by atoms with Gasteiger partial charge in [-0.05, 0) is 24.3 Å². The largest absolute Gasteiger partial charge is 0.395 e. The van der Waals surface area contributed by atoms with Crippen LogP contribution in [-0.2, 0) is 0 Å². The molecule has 0 saturated heterocycles. The van der Waals surface area contributed by atoms with Gasteiger partial charge in [0.2, 0.25) is 0 Å². The van der Waals surface area contributed by atoms with Crippen molar-refractivity contribution in [3.8, 4) is 9.88 Å². The fourth-order valence-corrected chi connectivity index (χ4v) is 3.58. The van der Waals surface area contributed by atoms with Crippen LogP contribution in [0.15, 0.2) is 22.9 Å². The number of carbonyl (C=O) groups is 1. The van der Waals surface area contributed by atoms with E-state index in [0.29, 0.717) is 18.3 Å². The maximum atomic E-state index is 12.4. The standard InChI is InChI=1S/C13H14N2O2S2/c16-6-5-15(9-3-4-9)13(17)10-8-19-12(14-10)11-2-1-7-18-11/h1-2,7-9,16H,3-6H2. The molecule has 0 atom stereocenters. The van der Waals surface area contributed by atoms with Crippen LogP contribution in [-0.4, -0.2) is 40.1 Å². The smallest absolute Gasteiger partial charge is 0.273 e. The second-order valence-corrected chi connectivity index (χ2v) is 6.27. The van der Waals surface area contributed by atoms with Crippen molar-refractivity contribution in [2.45, 2.75) is 18.9 Å². The van der Waals surface area contributed by atoms with E-state index >= 15 is 0 Å². The molecule has 4 nitrogen and oxygen atoms in total. The molecule has 1 saturated carbocycles.